The first-order valence-electron chi connectivity index (χ1n) is 6.23. The Morgan fingerprint density at radius 3 is 2.94 bits per heavy atom. The van der Waals surface area contributed by atoms with Gasteiger partial charge in [0.05, 0.1) is 0 Å². The van der Waals surface area contributed by atoms with Gasteiger partial charge in [-0.25, -0.2) is 0 Å². The van der Waals surface area contributed by atoms with E-state index in [-0.39, 0.29) is 0 Å². The maximum Gasteiger partial charge on any atom is 0.108 e. The predicted molar refractivity (Wildman–Crippen MR) is 70.3 cm³/mol. The van der Waals surface area contributed by atoms with Gasteiger partial charge in [-0.1, -0.05) is 6.07 Å². The molecule has 1 atom stereocenters. The molecule has 2 N–H and O–H groups in total. The summed E-state index contributed by atoms with van der Waals surface area (Å²) in [6, 6.07) is 3.97. The fourth-order valence-electron chi connectivity index (χ4n) is 2.14. The fourth-order valence-corrected chi connectivity index (χ4v) is 2.93. The molecule has 2 rings (SSSR count). The van der Waals surface area contributed by atoms with Gasteiger partial charge in [0.1, 0.15) is 5.60 Å². The van der Waals surface area contributed by atoms with E-state index in [1.807, 2.05) is 24.4 Å². The van der Waals surface area contributed by atoms with Gasteiger partial charge in [-0.2, -0.15) is 0 Å². The van der Waals surface area contributed by atoms with Crippen LogP contribution in [0, 0.1) is 5.92 Å². The molecule has 1 aromatic rings. The highest BCUT2D eigenvalue weighted by Gasteiger charge is 2.24. The van der Waals surface area contributed by atoms with Crippen molar-refractivity contribution in [2.45, 2.75) is 25.4 Å². The van der Waals surface area contributed by atoms with E-state index in [4.69, 9.17) is 4.74 Å². The maximum atomic E-state index is 10.3. The zero-order valence-corrected chi connectivity index (χ0v) is 11.1. The lowest BCUT2D eigenvalue weighted by Gasteiger charge is -2.26. The third-order valence-corrected chi connectivity index (χ3v) is 4.42. The molecular weight excluding hydrogens is 234 g/mol. The van der Waals surface area contributed by atoms with Crippen molar-refractivity contribution < 1.29 is 9.84 Å². The quantitative estimate of drug-likeness (QED) is 0.845. The molecule has 1 unspecified atom stereocenters. The second kappa shape index (κ2) is 5.96. The predicted octanol–water partition coefficient (Wildman–Crippen LogP) is 1.97. The monoisotopic (exact) mass is 255 g/mol. The Kier molecular flexibility index (Phi) is 4.56. The van der Waals surface area contributed by atoms with E-state index in [2.05, 4.69) is 5.32 Å². The fraction of sp³-hybridized carbons (Fsp3) is 0.692. The van der Waals surface area contributed by atoms with Gasteiger partial charge in [0.2, 0.25) is 0 Å². The van der Waals surface area contributed by atoms with E-state index >= 15 is 0 Å². The van der Waals surface area contributed by atoms with E-state index in [1.165, 1.54) is 0 Å². The molecule has 1 aromatic heterocycles. The third-order valence-electron chi connectivity index (χ3n) is 3.30. The van der Waals surface area contributed by atoms with E-state index in [9.17, 15) is 5.11 Å². The van der Waals surface area contributed by atoms with Gasteiger partial charge >= 0.3 is 0 Å². The lowest BCUT2D eigenvalue weighted by atomic mass is 9.99. The van der Waals surface area contributed by atoms with Crippen LogP contribution in [0.3, 0.4) is 0 Å². The van der Waals surface area contributed by atoms with Crippen LogP contribution in [0.25, 0.3) is 0 Å². The highest BCUT2D eigenvalue weighted by Crippen LogP contribution is 2.24. The minimum atomic E-state index is -0.751. The van der Waals surface area contributed by atoms with Gasteiger partial charge < -0.3 is 15.2 Å². The Morgan fingerprint density at radius 1 is 1.53 bits per heavy atom. The summed E-state index contributed by atoms with van der Waals surface area (Å²) < 4.78 is 5.33. The normalized spacial score (nSPS) is 21.3. The molecule has 0 radical (unpaired) electrons. The smallest absolute Gasteiger partial charge is 0.108 e. The van der Waals surface area contributed by atoms with Crippen LogP contribution in [0.15, 0.2) is 17.5 Å². The molecule has 0 saturated carbocycles. The first-order valence-corrected chi connectivity index (χ1v) is 7.11. The molecule has 1 fully saturated rings. The molecule has 1 aliphatic rings. The lowest BCUT2D eigenvalue weighted by Crippen LogP contribution is -2.38. The summed E-state index contributed by atoms with van der Waals surface area (Å²) in [6.07, 6.45) is 2.27. The van der Waals surface area contributed by atoms with Crippen molar-refractivity contribution >= 4 is 11.3 Å². The lowest BCUT2D eigenvalue weighted by molar-refractivity contribution is 0.0488. The second-order valence-corrected chi connectivity index (χ2v) is 5.89. The summed E-state index contributed by atoms with van der Waals surface area (Å²) in [5.74, 6) is 0.697. The van der Waals surface area contributed by atoms with Crippen LogP contribution in [0.1, 0.15) is 24.6 Å². The molecule has 17 heavy (non-hydrogen) atoms. The molecule has 0 amide bonds. The molecule has 96 valence electrons. The van der Waals surface area contributed by atoms with E-state index < -0.39 is 5.60 Å². The van der Waals surface area contributed by atoms with Crippen molar-refractivity contribution in [3.63, 3.8) is 0 Å². The number of hydrogen-bond donors (Lipinski definition) is 2. The molecule has 0 spiro atoms. The zero-order valence-electron chi connectivity index (χ0n) is 10.3. The Bertz CT molecular complexity index is 318. The van der Waals surface area contributed by atoms with Crippen LogP contribution in [-0.2, 0) is 10.3 Å². The second-order valence-electron chi connectivity index (χ2n) is 4.94. The van der Waals surface area contributed by atoms with Crippen molar-refractivity contribution in [3.8, 4) is 0 Å². The summed E-state index contributed by atoms with van der Waals surface area (Å²) in [5.41, 5.74) is -0.751. The Balaban J connectivity index is 1.74. The maximum absolute atomic E-state index is 10.3. The highest BCUT2D eigenvalue weighted by molar-refractivity contribution is 7.10. The van der Waals surface area contributed by atoms with Crippen LogP contribution < -0.4 is 5.32 Å². The van der Waals surface area contributed by atoms with Gasteiger partial charge in [-0.05, 0) is 43.7 Å². The number of aliphatic hydroxyl groups is 1. The number of ether oxygens (including phenoxy) is 1. The van der Waals surface area contributed by atoms with Crippen LogP contribution in [0.2, 0.25) is 0 Å². The SMILES string of the molecule is CC(O)(CNCC1CCOCC1)c1cccs1. The number of thiophene rings is 1. The molecular formula is C13H21NO2S. The van der Waals surface area contributed by atoms with Gasteiger partial charge in [0.15, 0.2) is 0 Å². The van der Waals surface area contributed by atoms with Crippen LogP contribution in [0.5, 0.6) is 0 Å². The van der Waals surface area contributed by atoms with Gasteiger partial charge in [-0.3, -0.25) is 0 Å². The van der Waals surface area contributed by atoms with E-state index in [1.54, 1.807) is 11.3 Å². The van der Waals surface area contributed by atoms with Crippen molar-refractivity contribution in [2.24, 2.45) is 5.92 Å². The van der Waals surface area contributed by atoms with E-state index in [0.717, 1.165) is 37.5 Å². The highest BCUT2D eigenvalue weighted by atomic mass is 32.1. The summed E-state index contributed by atoms with van der Waals surface area (Å²) in [4.78, 5) is 1.02. The summed E-state index contributed by atoms with van der Waals surface area (Å²) in [7, 11) is 0. The van der Waals surface area contributed by atoms with Crippen LogP contribution >= 0.6 is 11.3 Å². The minimum Gasteiger partial charge on any atom is -0.383 e. The summed E-state index contributed by atoms with van der Waals surface area (Å²) in [5, 5.41) is 15.7. The molecule has 0 bridgehead atoms. The van der Waals surface area contributed by atoms with Crippen molar-refractivity contribution in [1.82, 2.24) is 5.32 Å². The molecule has 3 nitrogen and oxygen atoms in total. The van der Waals surface area contributed by atoms with Gasteiger partial charge in [0, 0.05) is 24.6 Å². The Labute approximate surface area is 107 Å². The first kappa shape index (κ1) is 13.0. The average molecular weight is 255 g/mol. The van der Waals surface area contributed by atoms with Crippen molar-refractivity contribution in [1.29, 1.82) is 0 Å². The number of nitrogens with one attached hydrogen (secondary N) is 1. The molecule has 4 heteroatoms. The molecule has 1 saturated heterocycles. The third kappa shape index (κ3) is 3.78. The summed E-state index contributed by atoms with van der Waals surface area (Å²) in [6.45, 7) is 5.23. The van der Waals surface area contributed by atoms with E-state index in [0.29, 0.717) is 12.5 Å². The Morgan fingerprint density at radius 2 is 2.29 bits per heavy atom. The van der Waals surface area contributed by atoms with Gasteiger partial charge in [0.25, 0.3) is 0 Å². The van der Waals surface area contributed by atoms with Crippen LogP contribution in [0.4, 0.5) is 0 Å². The molecule has 0 aliphatic carbocycles. The van der Waals surface area contributed by atoms with Crippen molar-refractivity contribution in [3.05, 3.63) is 22.4 Å². The minimum absolute atomic E-state index is 0.616. The summed E-state index contributed by atoms with van der Waals surface area (Å²) >= 11 is 1.61. The zero-order chi connectivity index (χ0) is 12.1. The Hall–Kier alpha value is -0.420. The number of rotatable bonds is 5. The number of hydrogen-bond acceptors (Lipinski definition) is 4. The average Bonchev–Trinajstić information content (AvgIpc) is 2.84. The van der Waals surface area contributed by atoms with Crippen LogP contribution in [-0.4, -0.2) is 31.4 Å². The largest absolute Gasteiger partial charge is 0.383 e. The standard InChI is InChI=1S/C13H21NO2S/c1-13(15,12-3-2-8-17-12)10-14-9-11-4-6-16-7-5-11/h2-3,8,11,14-15H,4-7,9-10H2,1H3. The molecule has 2 heterocycles. The molecule has 1 aliphatic heterocycles. The van der Waals surface area contributed by atoms with Crippen molar-refractivity contribution in [2.75, 3.05) is 26.3 Å². The molecule has 0 aromatic carbocycles. The van der Waals surface area contributed by atoms with Gasteiger partial charge in [-0.15, -0.1) is 11.3 Å². The first-order chi connectivity index (χ1) is 8.18. The topological polar surface area (TPSA) is 41.5 Å².